The van der Waals surface area contributed by atoms with E-state index in [4.69, 9.17) is 5.11 Å². The lowest BCUT2D eigenvalue weighted by Crippen LogP contribution is -2.33. The Balaban J connectivity index is 1.35. The van der Waals surface area contributed by atoms with E-state index < -0.39 is 5.97 Å². The van der Waals surface area contributed by atoms with Gasteiger partial charge in [0.2, 0.25) is 5.91 Å². The van der Waals surface area contributed by atoms with Crippen LogP contribution in [-0.4, -0.2) is 50.0 Å². The van der Waals surface area contributed by atoms with Crippen molar-refractivity contribution in [1.29, 1.82) is 0 Å². The number of carboxylic acids is 1. The predicted molar refractivity (Wildman–Crippen MR) is 76.8 cm³/mol. The van der Waals surface area contributed by atoms with Crippen molar-refractivity contribution in [2.75, 3.05) is 13.1 Å². The number of aliphatic carboxylic acids is 1. The molecule has 1 N–H and O–H groups in total. The van der Waals surface area contributed by atoms with Crippen LogP contribution in [-0.2, 0) is 16.1 Å². The number of carboxylic acid groups (broad SMARTS) is 1. The van der Waals surface area contributed by atoms with E-state index in [-0.39, 0.29) is 23.7 Å². The van der Waals surface area contributed by atoms with Gasteiger partial charge >= 0.3 is 5.97 Å². The Morgan fingerprint density at radius 3 is 2.68 bits per heavy atom. The molecule has 1 aliphatic heterocycles. The van der Waals surface area contributed by atoms with Gasteiger partial charge in [-0.15, -0.1) is 5.10 Å². The van der Waals surface area contributed by atoms with Gasteiger partial charge in [0.05, 0.1) is 18.0 Å². The van der Waals surface area contributed by atoms with Gasteiger partial charge < -0.3 is 10.0 Å². The number of aromatic nitrogens is 3. The van der Waals surface area contributed by atoms with Crippen molar-refractivity contribution in [1.82, 2.24) is 19.9 Å². The van der Waals surface area contributed by atoms with Crippen LogP contribution in [0.1, 0.15) is 6.42 Å². The van der Waals surface area contributed by atoms with E-state index in [1.165, 1.54) is 0 Å². The first-order valence-electron chi connectivity index (χ1n) is 7.44. The largest absolute Gasteiger partial charge is 0.481 e. The zero-order chi connectivity index (χ0) is 15.3. The molecular formula is C15H16N4O3. The average Bonchev–Trinajstić information content (AvgIpc) is 2.87. The Bertz CT molecular complexity index is 744. The Morgan fingerprint density at radius 2 is 1.95 bits per heavy atom. The molecule has 2 aromatic rings. The van der Waals surface area contributed by atoms with Crippen LogP contribution in [0.25, 0.3) is 11.0 Å². The minimum absolute atomic E-state index is 0.0657. The van der Waals surface area contributed by atoms with E-state index in [1.54, 1.807) is 9.58 Å². The molecule has 1 amide bonds. The van der Waals surface area contributed by atoms with E-state index >= 15 is 0 Å². The zero-order valence-electron chi connectivity index (χ0n) is 11.9. The first-order valence-corrected chi connectivity index (χ1v) is 7.44. The molecule has 1 unspecified atom stereocenters. The van der Waals surface area contributed by atoms with Gasteiger partial charge in [-0.3, -0.25) is 9.59 Å². The summed E-state index contributed by atoms with van der Waals surface area (Å²) in [6, 6.07) is 7.65. The Kier molecular flexibility index (Phi) is 2.88. The first-order chi connectivity index (χ1) is 10.6. The smallest absolute Gasteiger partial charge is 0.307 e. The molecule has 1 aromatic heterocycles. The number of carbonyl (C=O) groups is 2. The van der Waals surface area contributed by atoms with Gasteiger partial charge in [0.15, 0.2) is 0 Å². The predicted octanol–water partition coefficient (Wildman–Crippen LogP) is 0.610. The normalized spacial score (nSPS) is 26.2. The van der Waals surface area contributed by atoms with E-state index in [1.807, 2.05) is 24.3 Å². The summed E-state index contributed by atoms with van der Waals surface area (Å²) in [5.41, 5.74) is 1.74. The Morgan fingerprint density at radius 1 is 1.23 bits per heavy atom. The second-order valence-corrected chi connectivity index (χ2v) is 6.04. The third kappa shape index (κ3) is 2.04. The summed E-state index contributed by atoms with van der Waals surface area (Å²) >= 11 is 0. The van der Waals surface area contributed by atoms with E-state index in [9.17, 15) is 9.59 Å². The first kappa shape index (κ1) is 13.2. The number of carbonyl (C=O) groups excluding carboxylic acids is 1. The van der Waals surface area contributed by atoms with Crippen LogP contribution in [0, 0.1) is 17.8 Å². The topological polar surface area (TPSA) is 88.3 Å². The summed E-state index contributed by atoms with van der Waals surface area (Å²) in [5.74, 6) is -0.572. The molecule has 0 radical (unpaired) electrons. The number of benzene rings is 1. The molecule has 7 heteroatoms. The maximum Gasteiger partial charge on any atom is 0.307 e. The number of hydrogen-bond donors (Lipinski definition) is 1. The molecule has 4 rings (SSSR count). The van der Waals surface area contributed by atoms with Crippen molar-refractivity contribution in [3.8, 4) is 0 Å². The van der Waals surface area contributed by atoms with Crippen LogP contribution in [0.2, 0.25) is 0 Å². The number of hydrogen-bond acceptors (Lipinski definition) is 4. The average molecular weight is 300 g/mol. The maximum absolute atomic E-state index is 12.2. The molecule has 7 nitrogen and oxygen atoms in total. The van der Waals surface area contributed by atoms with Gasteiger partial charge in [0, 0.05) is 19.5 Å². The summed E-state index contributed by atoms with van der Waals surface area (Å²) in [7, 11) is 0. The van der Waals surface area contributed by atoms with Gasteiger partial charge in [0.1, 0.15) is 5.52 Å². The summed E-state index contributed by atoms with van der Waals surface area (Å²) in [6.45, 7) is 1.66. The van der Waals surface area contributed by atoms with Crippen LogP contribution in [0.15, 0.2) is 24.3 Å². The van der Waals surface area contributed by atoms with Gasteiger partial charge in [-0.05, 0) is 24.0 Å². The number of nitrogens with zero attached hydrogens (tertiary/aromatic N) is 4. The third-order valence-electron chi connectivity index (χ3n) is 4.79. The fourth-order valence-corrected chi connectivity index (χ4v) is 3.54. The maximum atomic E-state index is 12.2. The molecule has 2 heterocycles. The molecule has 3 atom stereocenters. The lowest BCUT2D eigenvalue weighted by Gasteiger charge is -2.19. The number of para-hydroxylation sites is 1. The highest BCUT2D eigenvalue weighted by atomic mass is 16.4. The standard InChI is InChI=1S/C15H16N4O3/c20-13(18-7-9-10(8-18)14(9)15(21)22)5-6-19-12-4-2-1-3-11(12)16-17-19/h1-4,9-10,14H,5-8H2,(H,21,22)/t9-,10+,14?. The second kappa shape index (κ2) is 4.79. The molecule has 2 aliphatic rings. The van der Waals surface area contributed by atoms with Crippen molar-refractivity contribution in [3.05, 3.63) is 24.3 Å². The van der Waals surface area contributed by atoms with Crippen molar-refractivity contribution in [2.45, 2.75) is 13.0 Å². The third-order valence-corrected chi connectivity index (χ3v) is 4.79. The van der Waals surface area contributed by atoms with Crippen molar-refractivity contribution in [3.63, 3.8) is 0 Å². The van der Waals surface area contributed by atoms with Gasteiger partial charge in [0.25, 0.3) is 0 Å². The lowest BCUT2D eigenvalue weighted by atomic mass is 10.2. The van der Waals surface area contributed by atoms with Crippen LogP contribution in [0.4, 0.5) is 0 Å². The fourth-order valence-electron chi connectivity index (χ4n) is 3.54. The Labute approximate surface area is 126 Å². The number of aryl methyl sites for hydroxylation is 1. The number of amides is 1. The van der Waals surface area contributed by atoms with E-state index in [0.717, 1.165) is 11.0 Å². The summed E-state index contributed by atoms with van der Waals surface area (Å²) < 4.78 is 1.74. The van der Waals surface area contributed by atoms with Crippen molar-refractivity contribution in [2.24, 2.45) is 17.8 Å². The Hall–Kier alpha value is -2.44. The number of piperidine rings is 1. The summed E-state index contributed by atoms with van der Waals surface area (Å²) in [5, 5.41) is 17.1. The summed E-state index contributed by atoms with van der Waals surface area (Å²) in [4.78, 5) is 25.0. The highest BCUT2D eigenvalue weighted by Crippen LogP contribution is 2.51. The summed E-state index contributed by atoms with van der Waals surface area (Å²) in [6.07, 6.45) is 0.366. The van der Waals surface area contributed by atoms with Crippen molar-refractivity contribution < 1.29 is 14.7 Å². The molecule has 2 fully saturated rings. The highest BCUT2D eigenvalue weighted by Gasteiger charge is 2.60. The molecule has 0 bridgehead atoms. The lowest BCUT2D eigenvalue weighted by molar-refractivity contribution is -0.141. The second-order valence-electron chi connectivity index (χ2n) is 6.04. The molecule has 114 valence electrons. The molecule has 1 aliphatic carbocycles. The van der Waals surface area contributed by atoms with E-state index in [0.29, 0.717) is 26.1 Å². The SMILES string of the molecule is O=C(O)C1[C@H]2CN(C(=O)CCn3nnc4ccccc43)C[C@@H]12. The van der Waals surface area contributed by atoms with Gasteiger partial charge in [-0.1, -0.05) is 17.3 Å². The van der Waals surface area contributed by atoms with Gasteiger partial charge in [-0.25, -0.2) is 4.68 Å². The molecule has 22 heavy (non-hydrogen) atoms. The number of rotatable bonds is 4. The fraction of sp³-hybridized carbons (Fsp3) is 0.467. The van der Waals surface area contributed by atoms with E-state index in [2.05, 4.69) is 10.3 Å². The number of likely N-dealkylation sites (tertiary alicyclic amines) is 1. The minimum atomic E-state index is -0.726. The molecular weight excluding hydrogens is 284 g/mol. The van der Waals surface area contributed by atoms with Gasteiger partial charge in [-0.2, -0.15) is 0 Å². The van der Waals surface area contributed by atoms with Crippen LogP contribution >= 0.6 is 0 Å². The monoisotopic (exact) mass is 300 g/mol. The molecule has 0 spiro atoms. The quantitative estimate of drug-likeness (QED) is 0.893. The molecule has 1 saturated carbocycles. The molecule has 1 saturated heterocycles. The highest BCUT2D eigenvalue weighted by molar-refractivity contribution is 5.80. The van der Waals surface area contributed by atoms with Crippen LogP contribution in [0.3, 0.4) is 0 Å². The van der Waals surface area contributed by atoms with Crippen molar-refractivity contribution >= 4 is 22.9 Å². The minimum Gasteiger partial charge on any atom is -0.481 e. The van der Waals surface area contributed by atoms with Crippen LogP contribution < -0.4 is 0 Å². The van der Waals surface area contributed by atoms with Crippen LogP contribution in [0.5, 0.6) is 0 Å². The number of fused-ring (bicyclic) bond motifs is 2. The molecule has 1 aromatic carbocycles. The zero-order valence-corrected chi connectivity index (χ0v) is 11.9.